The summed E-state index contributed by atoms with van der Waals surface area (Å²) in [5.74, 6) is -0.432. The second-order valence-electron chi connectivity index (χ2n) is 7.70. The van der Waals surface area contributed by atoms with Crippen molar-refractivity contribution in [1.29, 1.82) is 0 Å². The SMILES string of the molecule is CCOC(=O)CN(C(=O)CSc1nnc(-c2ccccc2F)n1CC(C)C)c1ccccc1. The smallest absolute Gasteiger partial charge is 0.326 e. The number of thioether (sulfide) groups is 1. The zero-order valence-electron chi connectivity index (χ0n) is 18.9. The van der Waals surface area contributed by atoms with Gasteiger partial charge in [0.25, 0.3) is 0 Å². The van der Waals surface area contributed by atoms with E-state index in [4.69, 9.17) is 4.74 Å². The van der Waals surface area contributed by atoms with E-state index in [0.717, 1.165) is 0 Å². The number of para-hydroxylation sites is 1. The molecule has 9 heteroatoms. The highest BCUT2D eigenvalue weighted by molar-refractivity contribution is 7.99. The van der Waals surface area contributed by atoms with E-state index >= 15 is 0 Å². The summed E-state index contributed by atoms with van der Waals surface area (Å²) in [5.41, 5.74) is 0.962. The molecule has 0 aliphatic heterocycles. The molecule has 7 nitrogen and oxygen atoms in total. The van der Waals surface area contributed by atoms with Crippen molar-refractivity contribution in [2.75, 3.05) is 23.8 Å². The average Bonchev–Trinajstić information content (AvgIpc) is 3.18. The normalized spacial score (nSPS) is 10.9. The van der Waals surface area contributed by atoms with Crippen LogP contribution in [0.4, 0.5) is 10.1 Å². The Balaban J connectivity index is 1.83. The summed E-state index contributed by atoms with van der Waals surface area (Å²) in [4.78, 5) is 26.6. The van der Waals surface area contributed by atoms with Crippen molar-refractivity contribution in [3.8, 4) is 11.4 Å². The van der Waals surface area contributed by atoms with Gasteiger partial charge in [0.05, 0.1) is 17.9 Å². The largest absolute Gasteiger partial charge is 0.465 e. The fourth-order valence-corrected chi connectivity index (χ4v) is 4.06. The number of halogens is 1. The molecule has 33 heavy (non-hydrogen) atoms. The number of hydrogen-bond donors (Lipinski definition) is 0. The Bertz CT molecular complexity index is 1090. The highest BCUT2D eigenvalue weighted by Gasteiger charge is 2.23. The Morgan fingerprint density at radius 2 is 1.79 bits per heavy atom. The van der Waals surface area contributed by atoms with E-state index in [9.17, 15) is 14.0 Å². The van der Waals surface area contributed by atoms with Crippen LogP contribution in [0.2, 0.25) is 0 Å². The van der Waals surface area contributed by atoms with E-state index in [0.29, 0.717) is 28.8 Å². The van der Waals surface area contributed by atoms with Gasteiger partial charge < -0.3 is 14.2 Å². The molecule has 3 aromatic rings. The predicted molar refractivity (Wildman–Crippen MR) is 126 cm³/mol. The number of carbonyl (C=O) groups is 2. The summed E-state index contributed by atoms with van der Waals surface area (Å²) in [7, 11) is 0. The van der Waals surface area contributed by atoms with Crippen LogP contribution in [0.5, 0.6) is 0 Å². The van der Waals surface area contributed by atoms with Crippen LogP contribution in [0.15, 0.2) is 59.8 Å². The molecule has 0 unspecified atom stereocenters. The number of anilines is 1. The lowest BCUT2D eigenvalue weighted by Gasteiger charge is -2.21. The van der Waals surface area contributed by atoms with E-state index in [1.54, 1.807) is 49.4 Å². The molecule has 0 saturated heterocycles. The van der Waals surface area contributed by atoms with Crippen LogP contribution < -0.4 is 4.90 Å². The Morgan fingerprint density at radius 3 is 2.45 bits per heavy atom. The minimum Gasteiger partial charge on any atom is -0.465 e. The first-order valence-corrected chi connectivity index (χ1v) is 11.7. The van der Waals surface area contributed by atoms with Crippen LogP contribution in [0.25, 0.3) is 11.4 Å². The number of aromatic nitrogens is 3. The summed E-state index contributed by atoms with van der Waals surface area (Å²) >= 11 is 1.21. The van der Waals surface area contributed by atoms with Crippen molar-refractivity contribution in [2.45, 2.75) is 32.5 Å². The van der Waals surface area contributed by atoms with E-state index in [2.05, 4.69) is 10.2 Å². The van der Waals surface area contributed by atoms with Gasteiger partial charge in [-0.1, -0.05) is 55.9 Å². The molecule has 1 amide bonds. The van der Waals surface area contributed by atoms with Crippen LogP contribution in [-0.4, -0.2) is 45.5 Å². The van der Waals surface area contributed by atoms with Crippen molar-refractivity contribution >= 4 is 29.3 Å². The molecule has 1 aromatic heterocycles. The van der Waals surface area contributed by atoms with Crippen molar-refractivity contribution < 1.29 is 18.7 Å². The number of rotatable bonds is 10. The first kappa shape index (κ1) is 24.4. The first-order chi connectivity index (χ1) is 15.9. The highest BCUT2D eigenvalue weighted by atomic mass is 32.2. The van der Waals surface area contributed by atoms with Gasteiger partial charge in [-0.3, -0.25) is 9.59 Å². The number of carbonyl (C=O) groups excluding carboxylic acids is 2. The highest BCUT2D eigenvalue weighted by Crippen LogP contribution is 2.27. The number of benzene rings is 2. The van der Waals surface area contributed by atoms with Gasteiger partial charge in [-0.2, -0.15) is 0 Å². The summed E-state index contributed by atoms with van der Waals surface area (Å²) in [6.07, 6.45) is 0. The third-order valence-electron chi connectivity index (χ3n) is 4.67. The summed E-state index contributed by atoms with van der Waals surface area (Å²) in [6.45, 7) is 6.43. The number of amides is 1. The zero-order valence-corrected chi connectivity index (χ0v) is 19.7. The predicted octanol–water partition coefficient (Wildman–Crippen LogP) is 4.43. The van der Waals surface area contributed by atoms with Crippen LogP contribution in [0.1, 0.15) is 20.8 Å². The van der Waals surface area contributed by atoms with Gasteiger partial charge >= 0.3 is 5.97 Å². The van der Waals surface area contributed by atoms with Crippen molar-refractivity contribution in [3.63, 3.8) is 0 Å². The van der Waals surface area contributed by atoms with E-state index < -0.39 is 5.97 Å². The Kier molecular flexibility index (Phi) is 8.59. The summed E-state index contributed by atoms with van der Waals surface area (Å²) < 4.78 is 21.3. The minimum absolute atomic E-state index is 0.0296. The first-order valence-electron chi connectivity index (χ1n) is 10.7. The van der Waals surface area contributed by atoms with Crippen LogP contribution in [-0.2, 0) is 20.9 Å². The molecule has 0 bridgehead atoms. The molecule has 0 radical (unpaired) electrons. The lowest BCUT2D eigenvalue weighted by atomic mass is 10.2. The van der Waals surface area contributed by atoms with Gasteiger partial charge in [0.2, 0.25) is 5.91 Å². The van der Waals surface area contributed by atoms with Gasteiger partial charge in [0, 0.05) is 12.2 Å². The molecule has 0 fully saturated rings. The third kappa shape index (κ3) is 6.41. The molecule has 3 rings (SSSR count). The van der Waals surface area contributed by atoms with Crippen molar-refractivity contribution in [1.82, 2.24) is 14.8 Å². The third-order valence-corrected chi connectivity index (χ3v) is 5.62. The molecular weight excluding hydrogens is 443 g/mol. The lowest BCUT2D eigenvalue weighted by molar-refractivity contribution is -0.142. The second kappa shape index (κ2) is 11.6. The van der Waals surface area contributed by atoms with E-state index in [1.165, 1.54) is 22.7 Å². The minimum atomic E-state index is -0.482. The average molecular weight is 471 g/mol. The maximum absolute atomic E-state index is 14.4. The quantitative estimate of drug-likeness (QED) is 0.322. The lowest BCUT2D eigenvalue weighted by Crippen LogP contribution is -2.37. The van der Waals surface area contributed by atoms with Crippen molar-refractivity contribution in [3.05, 3.63) is 60.4 Å². The molecule has 0 aliphatic carbocycles. The van der Waals surface area contributed by atoms with Crippen LogP contribution >= 0.6 is 11.8 Å². The van der Waals surface area contributed by atoms with Gasteiger partial charge in [-0.05, 0) is 37.1 Å². The molecule has 0 saturated carbocycles. The fraction of sp³-hybridized carbons (Fsp3) is 0.333. The van der Waals surface area contributed by atoms with Crippen LogP contribution in [0.3, 0.4) is 0 Å². The van der Waals surface area contributed by atoms with Gasteiger partial charge in [-0.25, -0.2) is 4.39 Å². The Hall–Kier alpha value is -3.20. The number of hydrogen-bond acceptors (Lipinski definition) is 6. The fourth-order valence-electron chi connectivity index (χ4n) is 3.24. The van der Waals surface area contributed by atoms with E-state index in [-0.39, 0.29) is 36.5 Å². The van der Waals surface area contributed by atoms with Gasteiger partial charge in [0.1, 0.15) is 12.4 Å². The number of nitrogens with zero attached hydrogens (tertiary/aromatic N) is 4. The molecule has 1 heterocycles. The Labute approximate surface area is 197 Å². The van der Waals surface area contributed by atoms with E-state index in [1.807, 2.05) is 24.5 Å². The topological polar surface area (TPSA) is 77.3 Å². The molecule has 174 valence electrons. The number of ether oxygens (including phenoxy) is 1. The van der Waals surface area contributed by atoms with Crippen molar-refractivity contribution in [2.24, 2.45) is 5.92 Å². The zero-order chi connectivity index (χ0) is 23.8. The summed E-state index contributed by atoms with van der Waals surface area (Å²) in [6, 6.07) is 15.4. The molecule has 0 aliphatic rings. The molecule has 2 aromatic carbocycles. The summed E-state index contributed by atoms with van der Waals surface area (Å²) in [5, 5.41) is 8.95. The molecule has 0 N–H and O–H groups in total. The monoisotopic (exact) mass is 470 g/mol. The molecular formula is C24H27FN4O3S. The molecule has 0 atom stereocenters. The number of esters is 1. The molecule has 0 spiro atoms. The van der Waals surface area contributed by atoms with Crippen LogP contribution in [0, 0.1) is 11.7 Å². The maximum atomic E-state index is 14.4. The van der Waals surface area contributed by atoms with Gasteiger partial charge in [-0.15, -0.1) is 10.2 Å². The Morgan fingerprint density at radius 1 is 1.09 bits per heavy atom. The second-order valence-corrected chi connectivity index (χ2v) is 8.64. The van der Waals surface area contributed by atoms with Gasteiger partial charge in [0.15, 0.2) is 11.0 Å². The standard InChI is InChI=1S/C24H27FN4O3S/c1-4-32-22(31)15-28(18-10-6-5-7-11-18)21(30)16-33-24-27-26-23(29(24)14-17(2)3)19-12-8-9-13-20(19)25/h5-13,17H,4,14-16H2,1-3H3. The maximum Gasteiger partial charge on any atom is 0.326 e.